The molecule has 1 aromatic heterocycles. The smallest absolute Gasteiger partial charge is 0.318 e. The lowest BCUT2D eigenvalue weighted by Crippen LogP contribution is -2.46. The van der Waals surface area contributed by atoms with E-state index in [-0.39, 0.29) is 25.0 Å². The molecule has 28 heavy (non-hydrogen) atoms. The van der Waals surface area contributed by atoms with E-state index < -0.39 is 6.04 Å². The molecular formula is C19H24N4O5. The summed E-state index contributed by atoms with van der Waals surface area (Å²) in [6, 6.07) is 4.82. The standard InChI is InChI=1S/C19H24N4O5/c1-26-14-6-4-5-12(18(14)28-3)17-16-13(21-11-22-16)8-10-23(17)19(25)20-9-7-15(24)27-2/h4-6,11,17H,7-10H2,1-3H3,(H,20,25)(H,21,22)/t17-/m1/s1. The Bertz CT molecular complexity index is 851. The van der Waals surface area contributed by atoms with E-state index in [4.69, 9.17) is 9.47 Å². The lowest BCUT2D eigenvalue weighted by atomic mass is 9.95. The zero-order valence-electron chi connectivity index (χ0n) is 16.2. The summed E-state index contributed by atoms with van der Waals surface area (Å²) in [6.07, 6.45) is 2.39. The Labute approximate surface area is 163 Å². The molecule has 2 aromatic rings. The van der Waals surface area contributed by atoms with E-state index in [0.29, 0.717) is 24.5 Å². The molecule has 1 aliphatic rings. The van der Waals surface area contributed by atoms with Gasteiger partial charge in [0.2, 0.25) is 0 Å². The fourth-order valence-corrected chi connectivity index (χ4v) is 3.41. The number of carbonyl (C=O) groups excluding carboxylic acids is 2. The largest absolute Gasteiger partial charge is 0.493 e. The first-order valence-electron chi connectivity index (χ1n) is 8.95. The van der Waals surface area contributed by atoms with Crippen LogP contribution in [0.1, 0.15) is 29.4 Å². The molecule has 2 N–H and O–H groups in total. The average molecular weight is 388 g/mol. The quantitative estimate of drug-likeness (QED) is 0.729. The fraction of sp³-hybridized carbons (Fsp3) is 0.421. The molecule has 0 saturated carbocycles. The van der Waals surface area contributed by atoms with Gasteiger partial charge in [-0.2, -0.15) is 0 Å². The number of ether oxygens (including phenoxy) is 3. The molecule has 0 unspecified atom stereocenters. The second-order valence-electron chi connectivity index (χ2n) is 6.25. The molecule has 9 nitrogen and oxygen atoms in total. The highest BCUT2D eigenvalue weighted by Crippen LogP contribution is 2.41. The number of nitrogens with one attached hydrogen (secondary N) is 2. The van der Waals surface area contributed by atoms with Crippen LogP contribution in [0.2, 0.25) is 0 Å². The zero-order valence-corrected chi connectivity index (χ0v) is 16.2. The number of aromatic nitrogens is 2. The molecule has 1 aromatic carbocycles. The molecule has 2 heterocycles. The number of amides is 2. The van der Waals surface area contributed by atoms with Crippen molar-refractivity contribution in [2.75, 3.05) is 34.4 Å². The number of benzene rings is 1. The minimum Gasteiger partial charge on any atom is -0.493 e. The molecule has 0 bridgehead atoms. The second-order valence-corrected chi connectivity index (χ2v) is 6.25. The molecule has 150 valence electrons. The molecule has 0 fully saturated rings. The number of methoxy groups -OCH3 is 3. The number of hydrogen-bond donors (Lipinski definition) is 2. The highest BCUT2D eigenvalue weighted by atomic mass is 16.5. The molecule has 2 amide bonds. The molecule has 1 aliphatic heterocycles. The Balaban J connectivity index is 1.93. The maximum atomic E-state index is 12.9. The van der Waals surface area contributed by atoms with Crippen LogP contribution in [0.3, 0.4) is 0 Å². The molecule has 9 heteroatoms. The predicted molar refractivity (Wildman–Crippen MR) is 100 cm³/mol. The van der Waals surface area contributed by atoms with Crippen LogP contribution in [-0.4, -0.2) is 61.3 Å². The molecule has 0 saturated heterocycles. The van der Waals surface area contributed by atoms with Crippen molar-refractivity contribution in [3.8, 4) is 11.5 Å². The van der Waals surface area contributed by atoms with Gasteiger partial charge in [0, 0.05) is 30.8 Å². The third-order valence-corrected chi connectivity index (χ3v) is 4.75. The van der Waals surface area contributed by atoms with Crippen LogP contribution in [0, 0.1) is 0 Å². The van der Waals surface area contributed by atoms with Crippen LogP contribution >= 0.6 is 0 Å². The highest BCUT2D eigenvalue weighted by molar-refractivity contribution is 5.77. The first-order chi connectivity index (χ1) is 13.6. The Morgan fingerprint density at radius 1 is 1.29 bits per heavy atom. The van der Waals surface area contributed by atoms with Crippen molar-refractivity contribution in [1.82, 2.24) is 20.2 Å². The molecule has 1 atom stereocenters. The number of fused-ring (bicyclic) bond motifs is 1. The van der Waals surface area contributed by atoms with Crippen LogP contribution in [0.5, 0.6) is 11.5 Å². The summed E-state index contributed by atoms with van der Waals surface area (Å²) in [5.74, 6) is 0.756. The van der Waals surface area contributed by atoms with Gasteiger partial charge in [-0.25, -0.2) is 9.78 Å². The number of urea groups is 1. The molecule has 0 spiro atoms. The highest BCUT2D eigenvalue weighted by Gasteiger charge is 2.36. The summed E-state index contributed by atoms with van der Waals surface area (Å²) >= 11 is 0. The first kappa shape index (κ1) is 19.5. The third-order valence-electron chi connectivity index (χ3n) is 4.75. The summed E-state index contributed by atoms with van der Waals surface area (Å²) in [5.41, 5.74) is 2.52. The number of aromatic amines is 1. The van der Waals surface area contributed by atoms with Gasteiger partial charge in [-0.15, -0.1) is 0 Å². The number of carbonyl (C=O) groups is 2. The Hall–Kier alpha value is -3.23. The number of imidazole rings is 1. The molecule has 0 radical (unpaired) electrons. The second kappa shape index (κ2) is 8.64. The Morgan fingerprint density at radius 3 is 2.82 bits per heavy atom. The average Bonchev–Trinajstić information content (AvgIpc) is 3.20. The van der Waals surface area contributed by atoms with E-state index in [1.54, 1.807) is 31.5 Å². The van der Waals surface area contributed by atoms with Crippen molar-refractivity contribution in [3.05, 3.63) is 41.5 Å². The van der Waals surface area contributed by atoms with Crippen LogP contribution in [-0.2, 0) is 16.0 Å². The van der Waals surface area contributed by atoms with Crippen molar-refractivity contribution in [1.29, 1.82) is 0 Å². The van der Waals surface area contributed by atoms with E-state index in [1.165, 1.54) is 7.11 Å². The Morgan fingerprint density at radius 2 is 2.11 bits per heavy atom. The summed E-state index contributed by atoms with van der Waals surface area (Å²) in [7, 11) is 4.45. The number of hydrogen-bond acceptors (Lipinski definition) is 6. The summed E-state index contributed by atoms with van der Waals surface area (Å²) in [4.78, 5) is 33.5. The molecule has 0 aliphatic carbocycles. The number of nitrogens with zero attached hydrogens (tertiary/aromatic N) is 2. The van der Waals surface area contributed by atoms with Gasteiger partial charge in [-0.05, 0) is 6.07 Å². The molecular weight excluding hydrogens is 364 g/mol. The maximum absolute atomic E-state index is 12.9. The van der Waals surface area contributed by atoms with Gasteiger partial charge in [0.15, 0.2) is 11.5 Å². The van der Waals surface area contributed by atoms with Crippen LogP contribution in [0.15, 0.2) is 24.5 Å². The number of rotatable bonds is 6. The molecule has 3 rings (SSSR count). The van der Waals surface area contributed by atoms with E-state index in [0.717, 1.165) is 17.0 Å². The van der Waals surface area contributed by atoms with Gasteiger partial charge in [0.25, 0.3) is 0 Å². The van der Waals surface area contributed by atoms with E-state index in [9.17, 15) is 9.59 Å². The summed E-state index contributed by atoms with van der Waals surface area (Å²) < 4.78 is 15.6. The van der Waals surface area contributed by atoms with Crippen LogP contribution < -0.4 is 14.8 Å². The monoisotopic (exact) mass is 388 g/mol. The Kier molecular flexibility index (Phi) is 6.03. The van der Waals surface area contributed by atoms with Gasteiger partial charge in [-0.1, -0.05) is 12.1 Å². The topological polar surface area (TPSA) is 106 Å². The van der Waals surface area contributed by atoms with Gasteiger partial charge in [-0.3, -0.25) is 4.79 Å². The van der Waals surface area contributed by atoms with Gasteiger partial charge >= 0.3 is 12.0 Å². The van der Waals surface area contributed by atoms with Crippen molar-refractivity contribution in [2.45, 2.75) is 18.9 Å². The lowest BCUT2D eigenvalue weighted by Gasteiger charge is -2.36. The minimum atomic E-state index is -0.446. The number of esters is 1. The predicted octanol–water partition coefficient (Wildman–Crippen LogP) is 1.65. The summed E-state index contributed by atoms with van der Waals surface area (Å²) in [6.45, 7) is 0.682. The van der Waals surface area contributed by atoms with Crippen molar-refractivity contribution in [2.24, 2.45) is 0 Å². The number of H-pyrrole nitrogens is 1. The van der Waals surface area contributed by atoms with Crippen molar-refractivity contribution < 1.29 is 23.8 Å². The van der Waals surface area contributed by atoms with Crippen molar-refractivity contribution >= 4 is 12.0 Å². The van der Waals surface area contributed by atoms with Gasteiger partial charge in [0.1, 0.15) is 6.04 Å². The maximum Gasteiger partial charge on any atom is 0.318 e. The SMILES string of the molecule is COC(=O)CCNC(=O)N1CCc2[nH]cnc2[C@H]1c1cccc(OC)c1OC. The lowest BCUT2D eigenvalue weighted by molar-refractivity contribution is -0.140. The van der Waals surface area contributed by atoms with Gasteiger partial charge in [0.05, 0.1) is 39.8 Å². The minimum absolute atomic E-state index is 0.108. The zero-order chi connectivity index (χ0) is 20.1. The van der Waals surface area contributed by atoms with E-state index in [2.05, 4.69) is 20.0 Å². The fourth-order valence-electron chi connectivity index (χ4n) is 3.41. The third kappa shape index (κ3) is 3.73. The normalized spacial score (nSPS) is 15.5. The first-order valence-corrected chi connectivity index (χ1v) is 8.95. The number of para-hydroxylation sites is 1. The van der Waals surface area contributed by atoms with Crippen LogP contribution in [0.4, 0.5) is 4.79 Å². The van der Waals surface area contributed by atoms with E-state index >= 15 is 0 Å². The van der Waals surface area contributed by atoms with Crippen LogP contribution in [0.25, 0.3) is 0 Å². The van der Waals surface area contributed by atoms with E-state index in [1.807, 2.05) is 12.1 Å². The van der Waals surface area contributed by atoms with Crippen molar-refractivity contribution in [3.63, 3.8) is 0 Å². The summed E-state index contributed by atoms with van der Waals surface area (Å²) in [5, 5.41) is 2.78. The van der Waals surface area contributed by atoms with Gasteiger partial charge < -0.3 is 29.4 Å².